The van der Waals surface area contributed by atoms with Crippen LogP contribution in [0, 0.1) is 0 Å². The Hall–Kier alpha value is -1.79. The molecular weight excluding hydrogens is 506 g/mol. The van der Waals surface area contributed by atoms with E-state index in [0.717, 1.165) is 28.2 Å². The summed E-state index contributed by atoms with van der Waals surface area (Å²) in [5.41, 5.74) is 0.593. The highest BCUT2D eigenvalue weighted by atomic mass is 32.2. The van der Waals surface area contributed by atoms with E-state index in [1.165, 1.54) is 15.6 Å². The van der Waals surface area contributed by atoms with Crippen LogP contribution < -0.4 is 10.6 Å². The van der Waals surface area contributed by atoms with Crippen LogP contribution in [0.5, 0.6) is 0 Å². The molecule has 1 saturated heterocycles. The maximum absolute atomic E-state index is 13.6. The van der Waals surface area contributed by atoms with Crippen LogP contribution in [-0.4, -0.2) is 49.3 Å². The van der Waals surface area contributed by atoms with Crippen molar-refractivity contribution in [3.05, 3.63) is 33.5 Å². The number of ether oxygens (including phenoxy) is 1. The van der Waals surface area contributed by atoms with Gasteiger partial charge in [-0.2, -0.15) is 4.31 Å². The molecule has 35 heavy (non-hydrogen) atoms. The quantitative estimate of drug-likeness (QED) is 0.530. The van der Waals surface area contributed by atoms with Crippen molar-refractivity contribution in [3.8, 4) is 0 Å². The number of carbonyl (C=O) groups is 2. The van der Waals surface area contributed by atoms with E-state index in [-0.39, 0.29) is 22.9 Å². The fourth-order valence-corrected chi connectivity index (χ4v) is 9.25. The van der Waals surface area contributed by atoms with Crippen LogP contribution in [0.15, 0.2) is 21.7 Å². The highest BCUT2D eigenvalue weighted by molar-refractivity contribution is 7.91. The minimum absolute atomic E-state index is 0.220. The number of nitrogens with one attached hydrogen (secondary N) is 2. The molecule has 0 spiro atoms. The zero-order valence-corrected chi connectivity index (χ0v) is 23.2. The monoisotopic (exact) mass is 539 g/mol. The van der Waals surface area contributed by atoms with Crippen molar-refractivity contribution in [1.82, 2.24) is 9.62 Å². The van der Waals surface area contributed by atoms with Gasteiger partial charge in [0.1, 0.15) is 15.3 Å². The lowest BCUT2D eigenvalue weighted by Gasteiger charge is -2.42. The van der Waals surface area contributed by atoms with E-state index in [2.05, 4.69) is 38.3 Å². The summed E-state index contributed by atoms with van der Waals surface area (Å²) in [4.78, 5) is 27.6. The van der Waals surface area contributed by atoms with Crippen LogP contribution in [-0.2, 0) is 31.5 Å². The Balaban J connectivity index is 1.71. The molecule has 2 N–H and O–H groups in total. The number of carbonyl (C=O) groups excluding carboxylic acids is 2. The third-order valence-corrected chi connectivity index (χ3v) is 11.1. The van der Waals surface area contributed by atoms with Crippen molar-refractivity contribution in [1.29, 1.82) is 0 Å². The first kappa shape index (κ1) is 26.3. The molecule has 1 fully saturated rings. The molecule has 2 aliphatic rings. The Labute approximate surface area is 215 Å². The first-order valence-electron chi connectivity index (χ1n) is 11.9. The molecule has 192 valence electrons. The van der Waals surface area contributed by atoms with Crippen LogP contribution in [0.4, 0.5) is 5.00 Å². The van der Waals surface area contributed by atoms with E-state index in [1.54, 1.807) is 24.4 Å². The second kappa shape index (κ2) is 9.59. The molecule has 1 atom stereocenters. The third-order valence-electron chi connectivity index (χ3n) is 6.37. The molecule has 11 heteroatoms. The summed E-state index contributed by atoms with van der Waals surface area (Å²) in [6, 6.07) is 2.41. The second-order valence-electron chi connectivity index (χ2n) is 10.2. The summed E-state index contributed by atoms with van der Waals surface area (Å²) >= 11 is 2.50. The first-order valence-corrected chi connectivity index (χ1v) is 15.0. The number of nitrogens with zero attached hydrogens (tertiary/aromatic N) is 1. The van der Waals surface area contributed by atoms with E-state index in [0.29, 0.717) is 29.8 Å². The van der Waals surface area contributed by atoms with Crippen LogP contribution in [0.25, 0.3) is 0 Å². The molecule has 1 amide bonds. The number of esters is 1. The van der Waals surface area contributed by atoms with Crippen molar-refractivity contribution >= 4 is 49.6 Å². The molecule has 0 saturated carbocycles. The Morgan fingerprint density at radius 2 is 2.00 bits per heavy atom. The Kier molecular flexibility index (Phi) is 7.20. The number of hydrogen-bond donors (Lipinski definition) is 2. The lowest BCUT2D eigenvalue weighted by atomic mass is 9.81. The zero-order valence-electron chi connectivity index (χ0n) is 20.8. The summed E-state index contributed by atoms with van der Waals surface area (Å²) in [6.45, 7) is 10.5. The average Bonchev–Trinajstić information content (AvgIpc) is 3.42. The predicted molar refractivity (Wildman–Crippen MR) is 139 cm³/mol. The van der Waals surface area contributed by atoms with Crippen molar-refractivity contribution in [2.45, 2.75) is 81.6 Å². The molecule has 4 heterocycles. The van der Waals surface area contributed by atoms with Gasteiger partial charge in [-0.05, 0) is 70.9 Å². The summed E-state index contributed by atoms with van der Waals surface area (Å²) in [7, 11) is -3.78. The number of amides is 1. The van der Waals surface area contributed by atoms with Gasteiger partial charge >= 0.3 is 5.97 Å². The number of fused-ring (bicyclic) bond motifs is 1. The normalized spacial score (nSPS) is 21.8. The third kappa shape index (κ3) is 5.06. The number of rotatable bonds is 6. The lowest BCUT2D eigenvalue weighted by Crippen LogP contribution is -2.55. The SMILES string of the molecule is CCOC(=O)c1c(NC(=O)C2CCCCN2S(=O)(=O)c2cccs2)sc2c1CC(C)(C)NC2(C)C. The van der Waals surface area contributed by atoms with Crippen LogP contribution >= 0.6 is 22.7 Å². The molecule has 4 rings (SSSR count). The van der Waals surface area contributed by atoms with Crippen LogP contribution in [0.3, 0.4) is 0 Å². The molecule has 0 radical (unpaired) electrons. The summed E-state index contributed by atoms with van der Waals surface area (Å²) in [5.74, 6) is -0.889. The largest absolute Gasteiger partial charge is 0.462 e. The molecule has 0 bridgehead atoms. The molecule has 0 aromatic carbocycles. The number of hydrogen-bond acceptors (Lipinski definition) is 8. The Morgan fingerprint density at radius 1 is 1.26 bits per heavy atom. The van der Waals surface area contributed by atoms with Crippen molar-refractivity contribution in [3.63, 3.8) is 0 Å². The fraction of sp³-hybridized carbons (Fsp3) is 0.583. The van der Waals surface area contributed by atoms with Crippen molar-refractivity contribution < 1.29 is 22.7 Å². The molecule has 2 aromatic heterocycles. The molecule has 1 unspecified atom stereocenters. The number of piperidine rings is 1. The number of anilines is 1. The van der Waals surface area contributed by atoms with Gasteiger partial charge in [-0.15, -0.1) is 22.7 Å². The topological polar surface area (TPSA) is 105 Å². The van der Waals surface area contributed by atoms with Gasteiger partial charge in [-0.3, -0.25) is 4.79 Å². The van der Waals surface area contributed by atoms with Gasteiger partial charge in [0.2, 0.25) is 5.91 Å². The van der Waals surface area contributed by atoms with Crippen LogP contribution in [0.2, 0.25) is 0 Å². The Bertz CT molecular complexity index is 1220. The maximum atomic E-state index is 13.6. The fourth-order valence-electron chi connectivity index (χ4n) is 5.21. The number of sulfonamides is 1. The second-order valence-corrected chi connectivity index (χ2v) is 14.3. The van der Waals surface area contributed by atoms with E-state index >= 15 is 0 Å². The van der Waals surface area contributed by atoms with Gasteiger partial charge in [0.15, 0.2) is 0 Å². The highest BCUT2D eigenvalue weighted by Gasteiger charge is 2.43. The Morgan fingerprint density at radius 3 is 2.66 bits per heavy atom. The number of thiophene rings is 2. The van der Waals surface area contributed by atoms with E-state index in [4.69, 9.17) is 4.74 Å². The van der Waals surface area contributed by atoms with Gasteiger partial charge in [-0.1, -0.05) is 12.5 Å². The molecular formula is C24H33N3O5S3. The smallest absolute Gasteiger partial charge is 0.341 e. The highest BCUT2D eigenvalue weighted by Crippen LogP contribution is 2.45. The van der Waals surface area contributed by atoms with Gasteiger partial charge in [0.05, 0.1) is 12.2 Å². The molecule has 0 aliphatic carbocycles. The van der Waals surface area contributed by atoms with E-state index in [9.17, 15) is 18.0 Å². The molecule has 8 nitrogen and oxygen atoms in total. The van der Waals surface area contributed by atoms with E-state index in [1.807, 2.05) is 0 Å². The maximum Gasteiger partial charge on any atom is 0.341 e. The predicted octanol–water partition coefficient (Wildman–Crippen LogP) is 4.33. The zero-order chi connectivity index (χ0) is 25.6. The molecule has 2 aromatic rings. The minimum Gasteiger partial charge on any atom is -0.462 e. The van der Waals surface area contributed by atoms with Gasteiger partial charge in [-0.25, -0.2) is 13.2 Å². The summed E-state index contributed by atoms with van der Waals surface area (Å²) < 4.78 is 33.4. The average molecular weight is 540 g/mol. The van der Waals surface area contributed by atoms with Gasteiger partial charge in [0, 0.05) is 22.5 Å². The summed E-state index contributed by atoms with van der Waals surface area (Å²) in [5, 5.41) is 8.69. The van der Waals surface area contributed by atoms with E-state index < -0.39 is 33.5 Å². The summed E-state index contributed by atoms with van der Waals surface area (Å²) in [6.07, 6.45) is 2.49. The van der Waals surface area contributed by atoms with Crippen molar-refractivity contribution in [2.24, 2.45) is 0 Å². The molecule has 2 aliphatic heterocycles. The van der Waals surface area contributed by atoms with Gasteiger partial charge in [0.25, 0.3) is 10.0 Å². The van der Waals surface area contributed by atoms with Gasteiger partial charge < -0.3 is 15.4 Å². The lowest BCUT2D eigenvalue weighted by molar-refractivity contribution is -0.120. The first-order chi connectivity index (χ1) is 16.4. The standard InChI is InChI=1S/C24H33N3O5S3/c1-6-32-22(29)18-15-14-23(2,3)26-24(4,5)19(15)34-21(18)25-20(28)16-10-7-8-12-27(16)35(30,31)17-11-9-13-33-17/h9,11,13,16,26H,6-8,10,12,14H2,1-5H3,(H,25,28). The minimum atomic E-state index is -3.78. The van der Waals surface area contributed by atoms with Crippen molar-refractivity contribution in [2.75, 3.05) is 18.5 Å². The van der Waals surface area contributed by atoms with Crippen LogP contribution in [0.1, 0.15) is 74.7 Å².